The molecule has 1 amide bonds. The first-order valence-corrected chi connectivity index (χ1v) is 9.83. The topological polar surface area (TPSA) is 81.3 Å². The summed E-state index contributed by atoms with van der Waals surface area (Å²) >= 11 is 0. The summed E-state index contributed by atoms with van der Waals surface area (Å²) in [4.78, 5) is 14.8. The molecule has 2 atom stereocenters. The van der Waals surface area contributed by atoms with Crippen molar-refractivity contribution in [3.05, 3.63) is 23.8 Å². The number of morpholine rings is 2. The number of ether oxygens (including phenoxy) is 4. The van der Waals surface area contributed by atoms with E-state index in [1.165, 1.54) is 0 Å². The molecule has 0 spiro atoms. The summed E-state index contributed by atoms with van der Waals surface area (Å²) in [5.74, 6) is 1.41. The van der Waals surface area contributed by atoms with Gasteiger partial charge in [0, 0.05) is 38.6 Å². The molecule has 0 bridgehead atoms. The van der Waals surface area contributed by atoms with Crippen molar-refractivity contribution < 1.29 is 23.7 Å². The zero-order chi connectivity index (χ0) is 19.8. The maximum atomic E-state index is 12.5. The molecule has 1 aromatic carbocycles. The molecule has 2 aliphatic rings. The van der Waals surface area contributed by atoms with Crippen molar-refractivity contribution >= 4 is 5.91 Å². The van der Waals surface area contributed by atoms with Gasteiger partial charge in [-0.2, -0.15) is 0 Å². The molecular weight excluding hydrogens is 362 g/mol. The Bertz CT molecular complexity index is 630. The molecule has 0 aliphatic carbocycles. The summed E-state index contributed by atoms with van der Waals surface area (Å²) in [6.45, 7) is 5.65. The molecule has 0 aromatic heterocycles. The number of methoxy groups -OCH3 is 2. The minimum atomic E-state index is 0.0294. The maximum absolute atomic E-state index is 12.5. The zero-order valence-corrected chi connectivity index (χ0v) is 16.7. The van der Waals surface area contributed by atoms with Crippen LogP contribution in [0.15, 0.2) is 18.2 Å². The van der Waals surface area contributed by atoms with Gasteiger partial charge in [0.05, 0.1) is 46.7 Å². The van der Waals surface area contributed by atoms with Gasteiger partial charge in [-0.05, 0) is 17.7 Å². The van der Waals surface area contributed by atoms with Crippen LogP contribution >= 0.6 is 0 Å². The van der Waals surface area contributed by atoms with Crippen molar-refractivity contribution in [3.63, 3.8) is 0 Å². The highest BCUT2D eigenvalue weighted by molar-refractivity contribution is 5.76. The van der Waals surface area contributed by atoms with Crippen molar-refractivity contribution in [3.8, 4) is 11.5 Å². The van der Waals surface area contributed by atoms with Crippen LogP contribution in [0.2, 0.25) is 0 Å². The number of nitrogens with zero attached hydrogens (tertiary/aromatic N) is 1. The Labute approximate surface area is 166 Å². The zero-order valence-electron chi connectivity index (χ0n) is 16.7. The van der Waals surface area contributed by atoms with Gasteiger partial charge in [-0.25, -0.2) is 0 Å². The van der Waals surface area contributed by atoms with Crippen molar-refractivity contribution in [2.45, 2.75) is 18.5 Å². The van der Waals surface area contributed by atoms with Crippen molar-refractivity contribution in [2.75, 3.05) is 66.8 Å². The summed E-state index contributed by atoms with van der Waals surface area (Å²) in [5.41, 5.74) is 1.08. The van der Waals surface area contributed by atoms with Crippen LogP contribution < -0.4 is 20.1 Å². The number of carbonyl (C=O) groups is 1. The minimum Gasteiger partial charge on any atom is -0.493 e. The molecule has 2 aliphatic heterocycles. The van der Waals surface area contributed by atoms with Crippen LogP contribution in [-0.2, 0) is 14.3 Å². The minimum absolute atomic E-state index is 0.0294. The van der Waals surface area contributed by atoms with E-state index in [0.29, 0.717) is 50.9 Å². The average Bonchev–Trinajstić information content (AvgIpc) is 2.75. The number of benzene rings is 1. The Balaban J connectivity index is 1.67. The standard InChI is InChI=1S/C20H31N3O5/c1-25-18-4-3-15(11-19(18)26-2)17(23-6-9-27-10-7-23)13-22-20(24)12-16-14-28-8-5-21-16/h3-4,11,16-17,21H,5-10,12-14H2,1-2H3,(H,22,24). The number of hydrogen-bond donors (Lipinski definition) is 2. The third-order valence-corrected chi connectivity index (χ3v) is 5.20. The fourth-order valence-corrected chi connectivity index (χ4v) is 3.66. The van der Waals surface area contributed by atoms with Crippen LogP contribution in [0.25, 0.3) is 0 Å². The number of amides is 1. The van der Waals surface area contributed by atoms with E-state index < -0.39 is 0 Å². The lowest BCUT2D eigenvalue weighted by Gasteiger charge is -2.35. The molecule has 28 heavy (non-hydrogen) atoms. The summed E-state index contributed by atoms with van der Waals surface area (Å²) in [6, 6.07) is 6.05. The van der Waals surface area contributed by atoms with Crippen LogP contribution in [-0.4, -0.2) is 83.7 Å². The lowest BCUT2D eigenvalue weighted by molar-refractivity contribution is -0.122. The van der Waals surface area contributed by atoms with E-state index >= 15 is 0 Å². The highest BCUT2D eigenvalue weighted by Gasteiger charge is 2.25. The number of carbonyl (C=O) groups excluding carboxylic acids is 1. The normalized spacial score (nSPS) is 21.7. The van der Waals surface area contributed by atoms with E-state index in [0.717, 1.165) is 25.2 Å². The van der Waals surface area contributed by atoms with Crippen molar-refractivity contribution in [1.29, 1.82) is 0 Å². The third kappa shape index (κ3) is 5.57. The van der Waals surface area contributed by atoms with Gasteiger partial charge in [0.15, 0.2) is 11.5 Å². The van der Waals surface area contributed by atoms with E-state index in [4.69, 9.17) is 18.9 Å². The maximum Gasteiger partial charge on any atom is 0.221 e. The second-order valence-electron chi connectivity index (χ2n) is 7.01. The van der Waals surface area contributed by atoms with E-state index in [1.807, 2.05) is 18.2 Å². The lowest BCUT2D eigenvalue weighted by atomic mass is 10.0. The molecule has 2 unspecified atom stereocenters. The first kappa shape index (κ1) is 20.9. The predicted molar refractivity (Wildman–Crippen MR) is 105 cm³/mol. The summed E-state index contributed by atoms with van der Waals surface area (Å²) < 4.78 is 21.7. The molecular formula is C20H31N3O5. The number of nitrogens with one attached hydrogen (secondary N) is 2. The van der Waals surface area contributed by atoms with Crippen LogP contribution in [0.3, 0.4) is 0 Å². The molecule has 8 nitrogen and oxygen atoms in total. The summed E-state index contributed by atoms with van der Waals surface area (Å²) in [6.07, 6.45) is 0.418. The van der Waals surface area contributed by atoms with Gasteiger partial charge in [-0.1, -0.05) is 6.07 Å². The summed E-state index contributed by atoms with van der Waals surface area (Å²) in [5, 5.41) is 6.42. The van der Waals surface area contributed by atoms with Gasteiger partial charge >= 0.3 is 0 Å². The first-order chi connectivity index (χ1) is 13.7. The van der Waals surface area contributed by atoms with E-state index in [-0.39, 0.29) is 18.0 Å². The molecule has 0 radical (unpaired) electrons. The number of hydrogen-bond acceptors (Lipinski definition) is 7. The van der Waals surface area contributed by atoms with Gasteiger partial charge in [0.2, 0.25) is 5.91 Å². The van der Waals surface area contributed by atoms with Crippen molar-refractivity contribution in [1.82, 2.24) is 15.5 Å². The Morgan fingerprint density at radius 2 is 2.00 bits per heavy atom. The molecule has 156 valence electrons. The molecule has 2 heterocycles. The summed E-state index contributed by atoms with van der Waals surface area (Å²) in [7, 11) is 3.26. The van der Waals surface area contributed by atoms with Crippen molar-refractivity contribution in [2.24, 2.45) is 0 Å². The fourth-order valence-electron chi connectivity index (χ4n) is 3.66. The molecule has 0 saturated carbocycles. The van der Waals surface area contributed by atoms with Gasteiger partial charge in [-0.3, -0.25) is 9.69 Å². The second kappa shape index (κ2) is 10.6. The quantitative estimate of drug-likeness (QED) is 0.668. The van der Waals surface area contributed by atoms with Crippen LogP contribution in [0.4, 0.5) is 0 Å². The smallest absolute Gasteiger partial charge is 0.221 e. The van der Waals surface area contributed by atoms with Gasteiger partial charge in [-0.15, -0.1) is 0 Å². The largest absolute Gasteiger partial charge is 0.493 e. The predicted octanol–water partition coefficient (Wildman–Crippen LogP) is 0.572. The van der Waals surface area contributed by atoms with Crippen LogP contribution in [0, 0.1) is 0 Å². The fraction of sp³-hybridized carbons (Fsp3) is 0.650. The molecule has 2 fully saturated rings. The highest BCUT2D eigenvalue weighted by Crippen LogP contribution is 2.32. The Morgan fingerprint density at radius 1 is 1.21 bits per heavy atom. The van der Waals surface area contributed by atoms with E-state index in [2.05, 4.69) is 15.5 Å². The van der Waals surface area contributed by atoms with Crippen LogP contribution in [0.1, 0.15) is 18.0 Å². The van der Waals surface area contributed by atoms with Crippen LogP contribution in [0.5, 0.6) is 11.5 Å². The molecule has 2 saturated heterocycles. The lowest BCUT2D eigenvalue weighted by Crippen LogP contribution is -2.46. The Hall–Kier alpha value is -1.87. The van der Waals surface area contributed by atoms with E-state index in [1.54, 1.807) is 14.2 Å². The Kier molecular flexibility index (Phi) is 7.90. The molecule has 3 rings (SSSR count). The molecule has 2 N–H and O–H groups in total. The molecule has 8 heteroatoms. The Morgan fingerprint density at radius 3 is 2.68 bits per heavy atom. The SMILES string of the molecule is COc1ccc(C(CNC(=O)CC2COCCN2)N2CCOCC2)cc1OC. The van der Waals surface area contributed by atoms with Gasteiger partial charge in [0.1, 0.15) is 0 Å². The monoisotopic (exact) mass is 393 g/mol. The van der Waals surface area contributed by atoms with Gasteiger partial charge in [0.25, 0.3) is 0 Å². The molecule has 1 aromatic rings. The number of rotatable bonds is 8. The average molecular weight is 393 g/mol. The van der Waals surface area contributed by atoms with E-state index in [9.17, 15) is 4.79 Å². The van der Waals surface area contributed by atoms with Gasteiger partial charge < -0.3 is 29.6 Å². The first-order valence-electron chi connectivity index (χ1n) is 9.83. The second-order valence-corrected chi connectivity index (χ2v) is 7.01. The highest BCUT2D eigenvalue weighted by atomic mass is 16.5. The third-order valence-electron chi connectivity index (χ3n) is 5.20.